The summed E-state index contributed by atoms with van der Waals surface area (Å²) < 4.78 is 5.14. The molecule has 0 heterocycles. The zero-order valence-corrected chi connectivity index (χ0v) is 13.3. The lowest BCUT2D eigenvalue weighted by Crippen LogP contribution is -2.52. The van der Waals surface area contributed by atoms with Crippen molar-refractivity contribution in [2.45, 2.75) is 39.2 Å². The standard InChI is InChI=1S/C15H20N2O6/c1-4-8-15(3,14(19)20)16-13(18)10-6-7-12(23-5-2)11(9-10)17(21)22/h6-7,9H,4-5,8H2,1-3H3,(H,16,18)(H,19,20). The predicted molar refractivity (Wildman–Crippen MR) is 82.7 cm³/mol. The molecule has 126 valence electrons. The highest BCUT2D eigenvalue weighted by Crippen LogP contribution is 2.28. The van der Waals surface area contributed by atoms with E-state index in [1.807, 2.05) is 0 Å². The van der Waals surface area contributed by atoms with E-state index in [0.29, 0.717) is 6.42 Å². The van der Waals surface area contributed by atoms with Crippen LogP contribution in [-0.4, -0.2) is 34.1 Å². The molecule has 0 aromatic heterocycles. The van der Waals surface area contributed by atoms with Gasteiger partial charge in [0.15, 0.2) is 5.75 Å². The van der Waals surface area contributed by atoms with Gasteiger partial charge in [0.2, 0.25) is 0 Å². The molecule has 8 nitrogen and oxygen atoms in total. The Morgan fingerprint density at radius 3 is 2.52 bits per heavy atom. The van der Waals surface area contributed by atoms with Gasteiger partial charge in [0.1, 0.15) is 5.54 Å². The van der Waals surface area contributed by atoms with Crippen molar-refractivity contribution in [3.63, 3.8) is 0 Å². The number of nitrogens with zero attached hydrogens (tertiary/aromatic N) is 1. The van der Waals surface area contributed by atoms with Crippen molar-refractivity contribution in [3.8, 4) is 5.75 Å². The smallest absolute Gasteiger partial charge is 0.329 e. The maximum absolute atomic E-state index is 12.2. The molecule has 1 aromatic carbocycles. The Morgan fingerprint density at radius 1 is 1.39 bits per heavy atom. The summed E-state index contributed by atoms with van der Waals surface area (Å²) in [5.74, 6) is -1.79. The average molecular weight is 324 g/mol. The van der Waals surface area contributed by atoms with Gasteiger partial charge < -0.3 is 15.2 Å². The fourth-order valence-corrected chi connectivity index (χ4v) is 2.12. The van der Waals surface area contributed by atoms with E-state index >= 15 is 0 Å². The molecular formula is C15H20N2O6. The quantitative estimate of drug-likeness (QED) is 0.559. The van der Waals surface area contributed by atoms with E-state index < -0.39 is 22.3 Å². The van der Waals surface area contributed by atoms with Crippen LogP contribution in [0.4, 0.5) is 5.69 Å². The second-order valence-corrected chi connectivity index (χ2v) is 5.21. The van der Waals surface area contributed by atoms with Crippen LogP contribution < -0.4 is 10.1 Å². The number of nitrogens with one attached hydrogen (secondary N) is 1. The maximum atomic E-state index is 12.2. The first-order chi connectivity index (χ1) is 10.7. The fourth-order valence-electron chi connectivity index (χ4n) is 2.12. The number of hydrogen-bond donors (Lipinski definition) is 2. The van der Waals surface area contributed by atoms with Crippen LogP contribution in [0, 0.1) is 10.1 Å². The molecule has 0 aliphatic carbocycles. The minimum absolute atomic E-state index is 0.00345. The molecule has 1 atom stereocenters. The lowest BCUT2D eigenvalue weighted by molar-refractivity contribution is -0.385. The number of nitro benzene ring substituents is 1. The lowest BCUT2D eigenvalue weighted by Gasteiger charge is -2.25. The van der Waals surface area contributed by atoms with Crippen LogP contribution in [0.25, 0.3) is 0 Å². The van der Waals surface area contributed by atoms with E-state index in [4.69, 9.17) is 4.74 Å². The number of aliphatic carboxylic acids is 1. The SMILES string of the molecule is CCCC(C)(NC(=O)c1ccc(OCC)c([N+](=O)[O-])c1)C(=O)O. The number of rotatable bonds is 8. The molecule has 0 aliphatic rings. The molecule has 0 saturated heterocycles. The third-order valence-corrected chi connectivity index (χ3v) is 3.33. The van der Waals surface area contributed by atoms with Crippen LogP contribution in [0.1, 0.15) is 44.0 Å². The van der Waals surface area contributed by atoms with E-state index in [1.54, 1.807) is 13.8 Å². The molecular weight excluding hydrogens is 304 g/mol. The average Bonchev–Trinajstić information content (AvgIpc) is 2.47. The predicted octanol–water partition coefficient (Wildman–Crippen LogP) is 2.37. The van der Waals surface area contributed by atoms with Gasteiger partial charge in [-0.1, -0.05) is 13.3 Å². The van der Waals surface area contributed by atoms with Gasteiger partial charge >= 0.3 is 11.7 Å². The van der Waals surface area contributed by atoms with Gasteiger partial charge in [0.25, 0.3) is 5.91 Å². The summed E-state index contributed by atoms with van der Waals surface area (Å²) in [5.41, 5.74) is -1.77. The lowest BCUT2D eigenvalue weighted by atomic mass is 9.95. The van der Waals surface area contributed by atoms with Crippen LogP contribution >= 0.6 is 0 Å². The normalized spacial score (nSPS) is 13.0. The van der Waals surface area contributed by atoms with Crippen molar-refractivity contribution in [2.24, 2.45) is 0 Å². The fraction of sp³-hybridized carbons (Fsp3) is 0.467. The Bertz CT molecular complexity index is 616. The highest BCUT2D eigenvalue weighted by Gasteiger charge is 2.34. The number of carbonyl (C=O) groups excluding carboxylic acids is 1. The Kier molecular flexibility index (Phi) is 6.06. The van der Waals surface area contributed by atoms with Gasteiger partial charge in [0.05, 0.1) is 11.5 Å². The van der Waals surface area contributed by atoms with Gasteiger partial charge in [0, 0.05) is 11.6 Å². The summed E-state index contributed by atoms with van der Waals surface area (Å²) in [6, 6.07) is 3.77. The molecule has 2 N–H and O–H groups in total. The minimum atomic E-state index is -1.43. The van der Waals surface area contributed by atoms with Crippen LogP contribution in [-0.2, 0) is 4.79 Å². The topological polar surface area (TPSA) is 119 Å². The van der Waals surface area contributed by atoms with Crippen LogP contribution in [0.2, 0.25) is 0 Å². The first-order valence-electron chi connectivity index (χ1n) is 7.22. The highest BCUT2D eigenvalue weighted by molar-refractivity contribution is 5.98. The van der Waals surface area contributed by atoms with E-state index in [1.165, 1.54) is 19.1 Å². The van der Waals surface area contributed by atoms with Gasteiger partial charge in [-0.15, -0.1) is 0 Å². The molecule has 0 spiro atoms. The van der Waals surface area contributed by atoms with Gasteiger partial charge in [-0.2, -0.15) is 0 Å². The monoisotopic (exact) mass is 324 g/mol. The molecule has 1 amide bonds. The van der Waals surface area contributed by atoms with Crippen molar-refractivity contribution >= 4 is 17.6 Å². The van der Waals surface area contributed by atoms with Crippen LogP contribution in [0.5, 0.6) is 5.75 Å². The molecule has 1 rings (SSSR count). The summed E-state index contributed by atoms with van der Waals surface area (Å²) in [6.45, 7) is 5.14. The summed E-state index contributed by atoms with van der Waals surface area (Å²) in [5, 5.41) is 22.8. The number of carboxylic acid groups (broad SMARTS) is 1. The first kappa shape index (κ1) is 18.4. The second-order valence-electron chi connectivity index (χ2n) is 5.21. The number of carboxylic acids is 1. The number of amides is 1. The zero-order chi connectivity index (χ0) is 17.6. The molecule has 0 aliphatic heterocycles. The minimum Gasteiger partial charge on any atom is -0.487 e. The van der Waals surface area contributed by atoms with Crippen molar-refractivity contribution in [2.75, 3.05) is 6.61 Å². The van der Waals surface area contributed by atoms with E-state index in [0.717, 1.165) is 6.07 Å². The first-order valence-corrected chi connectivity index (χ1v) is 7.22. The largest absolute Gasteiger partial charge is 0.487 e. The van der Waals surface area contributed by atoms with Crippen molar-refractivity contribution < 1.29 is 24.4 Å². The number of hydrogen-bond acceptors (Lipinski definition) is 5. The van der Waals surface area contributed by atoms with Gasteiger partial charge in [-0.05, 0) is 32.4 Å². The van der Waals surface area contributed by atoms with Crippen LogP contribution in [0.3, 0.4) is 0 Å². The number of benzene rings is 1. The number of carbonyl (C=O) groups is 2. The van der Waals surface area contributed by atoms with Crippen molar-refractivity contribution in [3.05, 3.63) is 33.9 Å². The highest BCUT2D eigenvalue weighted by atomic mass is 16.6. The van der Waals surface area contributed by atoms with E-state index in [2.05, 4.69) is 5.32 Å². The van der Waals surface area contributed by atoms with Crippen molar-refractivity contribution in [1.82, 2.24) is 5.32 Å². The Balaban J connectivity index is 3.11. The third kappa shape index (κ3) is 4.41. The number of ether oxygens (including phenoxy) is 1. The van der Waals surface area contributed by atoms with Crippen LogP contribution in [0.15, 0.2) is 18.2 Å². The zero-order valence-electron chi connectivity index (χ0n) is 13.3. The van der Waals surface area contributed by atoms with Gasteiger partial charge in [-0.3, -0.25) is 14.9 Å². The summed E-state index contributed by atoms with van der Waals surface area (Å²) in [7, 11) is 0. The van der Waals surface area contributed by atoms with E-state index in [-0.39, 0.29) is 30.0 Å². The Labute approximate surface area is 133 Å². The molecule has 1 aromatic rings. The Hall–Kier alpha value is -2.64. The number of nitro groups is 1. The van der Waals surface area contributed by atoms with Gasteiger partial charge in [-0.25, -0.2) is 4.79 Å². The third-order valence-electron chi connectivity index (χ3n) is 3.33. The molecule has 0 bridgehead atoms. The molecule has 0 radical (unpaired) electrons. The summed E-state index contributed by atoms with van der Waals surface area (Å²) in [6.07, 6.45) is 0.805. The molecule has 1 unspecified atom stereocenters. The maximum Gasteiger partial charge on any atom is 0.329 e. The second kappa shape index (κ2) is 7.57. The van der Waals surface area contributed by atoms with E-state index in [9.17, 15) is 24.8 Å². The summed E-state index contributed by atoms with van der Waals surface area (Å²) >= 11 is 0. The summed E-state index contributed by atoms with van der Waals surface area (Å²) in [4.78, 5) is 34.0. The molecule has 23 heavy (non-hydrogen) atoms. The molecule has 0 fully saturated rings. The van der Waals surface area contributed by atoms with Crippen molar-refractivity contribution in [1.29, 1.82) is 0 Å². The Morgan fingerprint density at radius 2 is 2.04 bits per heavy atom. The molecule has 8 heteroatoms. The molecule has 0 saturated carbocycles.